The van der Waals surface area contributed by atoms with Crippen LogP contribution in [0.25, 0.3) is 0 Å². The van der Waals surface area contributed by atoms with Crippen molar-refractivity contribution in [3.05, 3.63) is 23.9 Å². The molecular formula is C10H13N3O3. The van der Waals surface area contributed by atoms with Gasteiger partial charge in [-0.15, -0.1) is 0 Å². The van der Waals surface area contributed by atoms with Crippen LogP contribution in [-0.4, -0.2) is 37.6 Å². The number of ether oxygens (including phenoxy) is 1. The summed E-state index contributed by atoms with van der Waals surface area (Å²) in [6.07, 6.45) is 1.37. The van der Waals surface area contributed by atoms with E-state index in [1.165, 1.54) is 13.3 Å². The highest BCUT2D eigenvalue weighted by atomic mass is 16.5. The Kier molecular flexibility index (Phi) is 3.82. The van der Waals surface area contributed by atoms with Gasteiger partial charge in [0.2, 0.25) is 5.91 Å². The van der Waals surface area contributed by atoms with Crippen LogP contribution in [0.3, 0.4) is 0 Å². The van der Waals surface area contributed by atoms with Gasteiger partial charge in [-0.25, -0.2) is 4.98 Å². The topological polar surface area (TPSA) is 85.5 Å². The Labute approximate surface area is 93.0 Å². The summed E-state index contributed by atoms with van der Waals surface area (Å²) in [7, 11) is 3.02. The van der Waals surface area contributed by atoms with E-state index < -0.39 is 5.91 Å². The number of carbonyl (C=O) groups excluding carboxylic acids is 2. The first-order valence-corrected chi connectivity index (χ1v) is 4.58. The number of nitrogens with two attached hydrogens (primary N) is 1. The zero-order valence-electron chi connectivity index (χ0n) is 9.14. The molecule has 0 aliphatic carbocycles. The number of hydrogen-bond donors (Lipinski definition) is 1. The van der Waals surface area contributed by atoms with Crippen LogP contribution in [0.4, 0.5) is 5.82 Å². The molecule has 0 atom stereocenters. The summed E-state index contributed by atoms with van der Waals surface area (Å²) in [5.74, 6) is -0.326. The fraction of sp³-hybridized carbons (Fsp3) is 0.300. The lowest BCUT2D eigenvalue weighted by Gasteiger charge is -2.16. The van der Waals surface area contributed by atoms with Crippen molar-refractivity contribution in [3.63, 3.8) is 0 Å². The molecule has 0 bridgehead atoms. The van der Waals surface area contributed by atoms with Crippen LogP contribution >= 0.6 is 0 Å². The van der Waals surface area contributed by atoms with Crippen molar-refractivity contribution in [1.29, 1.82) is 0 Å². The fourth-order valence-corrected chi connectivity index (χ4v) is 1.10. The molecule has 1 aromatic rings. The third kappa shape index (κ3) is 2.94. The number of likely N-dealkylation sites (N-methyl/N-ethyl adjacent to an activating group) is 1. The van der Waals surface area contributed by atoms with Gasteiger partial charge in [0.15, 0.2) is 0 Å². The van der Waals surface area contributed by atoms with Crippen molar-refractivity contribution < 1.29 is 14.3 Å². The van der Waals surface area contributed by atoms with E-state index in [0.717, 1.165) is 0 Å². The zero-order chi connectivity index (χ0) is 12.1. The molecule has 0 saturated carbocycles. The van der Waals surface area contributed by atoms with Gasteiger partial charge in [0, 0.05) is 13.2 Å². The minimum Gasteiger partial charge on any atom is -0.468 e. The van der Waals surface area contributed by atoms with Crippen molar-refractivity contribution in [2.24, 2.45) is 5.73 Å². The molecule has 1 heterocycles. The molecule has 1 amide bonds. The van der Waals surface area contributed by atoms with E-state index in [1.807, 2.05) is 0 Å². The quantitative estimate of drug-likeness (QED) is 0.714. The Morgan fingerprint density at radius 3 is 2.62 bits per heavy atom. The molecule has 0 aromatic carbocycles. The number of nitrogens with zero attached hydrogens (tertiary/aromatic N) is 2. The molecular weight excluding hydrogens is 210 g/mol. The molecule has 0 unspecified atom stereocenters. The molecule has 1 rings (SSSR count). The lowest BCUT2D eigenvalue weighted by molar-refractivity contribution is -0.138. The minimum atomic E-state index is -0.533. The average molecular weight is 223 g/mol. The third-order valence-corrected chi connectivity index (χ3v) is 2.02. The van der Waals surface area contributed by atoms with E-state index in [-0.39, 0.29) is 12.5 Å². The van der Waals surface area contributed by atoms with Gasteiger partial charge < -0.3 is 15.4 Å². The van der Waals surface area contributed by atoms with Crippen molar-refractivity contribution in [2.45, 2.75) is 0 Å². The number of amides is 1. The molecule has 0 aliphatic heterocycles. The van der Waals surface area contributed by atoms with Crippen molar-refractivity contribution in [1.82, 2.24) is 4.98 Å². The molecule has 1 aromatic heterocycles. The standard InChI is InChI=1S/C10H13N3O3/c1-13(6-9(14)16-2)8-4-3-7(5-12-8)10(11)15/h3-5H,6H2,1-2H3,(H2,11,15). The predicted octanol–water partition coefficient (Wildman–Crippen LogP) is -0.210. The Balaban J connectivity index is 2.73. The van der Waals surface area contributed by atoms with Crippen LogP contribution in [0.1, 0.15) is 10.4 Å². The van der Waals surface area contributed by atoms with Gasteiger partial charge in [-0.1, -0.05) is 0 Å². The molecule has 0 radical (unpaired) electrons. The molecule has 0 aliphatic rings. The molecule has 0 spiro atoms. The van der Waals surface area contributed by atoms with Crippen molar-refractivity contribution >= 4 is 17.7 Å². The number of aromatic nitrogens is 1. The van der Waals surface area contributed by atoms with Crippen LogP contribution in [0.15, 0.2) is 18.3 Å². The maximum absolute atomic E-state index is 11.0. The summed E-state index contributed by atoms with van der Waals surface area (Å²) < 4.78 is 4.52. The lowest BCUT2D eigenvalue weighted by atomic mass is 10.2. The SMILES string of the molecule is COC(=O)CN(C)c1ccc(C(N)=O)cn1. The number of hydrogen-bond acceptors (Lipinski definition) is 5. The van der Waals surface area contributed by atoms with Crippen LogP contribution < -0.4 is 10.6 Å². The van der Waals surface area contributed by atoms with Crippen LogP contribution in [-0.2, 0) is 9.53 Å². The van der Waals surface area contributed by atoms with Crippen LogP contribution in [0.2, 0.25) is 0 Å². The zero-order valence-corrected chi connectivity index (χ0v) is 9.14. The van der Waals surface area contributed by atoms with E-state index >= 15 is 0 Å². The number of pyridine rings is 1. The summed E-state index contributed by atoms with van der Waals surface area (Å²) in [6, 6.07) is 3.17. The maximum atomic E-state index is 11.0. The number of carbonyl (C=O) groups is 2. The Bertz CT molecular complexity index is 389. The highest BCUT2D eigenvalue weighted by Crippen LogP contribution is 2.08. The summed E-state index contributed by atoms with van der Waals surface area (Å²) in [6.45, 7) is 0.0966. The molecule has 6 nitrogen and oxygen atoms in total. The first-order chi connectivity index (χ1) is 7.54. The van der Waals surface area contributed by atoms with Gasteiger partial charge in [-0.2, -0.15) is 0 Å². The van der Waals surface area contributed by atoms with E-state index in [4.69, 9.17) is 5.73 Å². The minimum absolute atomic E-state index is 0.0966. The average Bonchev–Trinajstić information content (AvgIpc) is 2.28. The third-order valence-electron chi connectivity index (χ3n) is 2.02. The van der Waals surface area contributed by atoms with Crippen LogP contribution in [0, 0.1) is 0 Å². The summed E-state index contributed by atoms with van der Waals surface area (Å²) in [4.78, 5) is 27.4. The van der Waals surface area contributed by atoms with Gasteiger partial charge >= 0.3 is 5.97 Å². The second-order valence-electron chi connectivity index (χ2n) is 3.20. The number of esters is 1. The van der Waals surface area contributed by atoms with E-state index in [2.05, 4.69) is 9.72 Å². The second kappa shape index (κ2) is 5.11. The molecule has 0 fully saturated rings. The van der Waals surface area contributed by atoms with Crippen molar-refractivity contribution in [2.75, 3.05) is 25.6 Å². The number of primary amides is 1. The monoisotopic (exact) mass is 223 g/mol. The molecule has 86 valence electrons. The molecule has 6 heteroatoms. The highest BCUT2D eigenvalue weighted by molar-refractivity contribution is 5.92. The predicted molar refractivity (Wildman–Crippen MR) is 58.0 cm³/mol. The van der Waals surface area contributed by atoms with Gasteiger partial charge in [-0.3, -0.25) is 9.59 Å². The van der Waals surface area contributed by atoms with Gasteiger partial charge in [-0.05, 0) is 12.1 Å². The number of rotatable bonds is 4. The van der Waals surface area contributed by atoms with Gasteiger partial charge in [0.1, 0.15) is 12.4 Å². The van der Waals surface area contributed by atoms with E-state index in [9.17, 15) is 9.59 Å². The normalized spacial score (nSPS) is 9.62. The largest absolute Gasteiger partial charge is 0.468 e. The van der Waals surface area contributed by atoms with E-state index in [1.54, 1.807) is 24.1 Å². The highest BCUT2D eigenvalue weighted by Gasteiger charge is 2.09. The Morgan fingerprint density at radius 2 is 2.19 bits per heavy atom. The van der Waals surface area contributed by atoms with Crippen LogP contribution in [0.5, 0.6) is 0 Å². The molecule has 16 heavy (non-hydrogen) atoms. The second-order valence-corrected chi connectivity index (χ2v) is 3.20. The Morgan fingerprint density at radius 1 is 1.50 bits per heavy atom. The smallest absolute Gasteiger partial charge is 0.325 e. The summed E-state index contributed by atoms with van der Waals surface area (Å²) in [5, 5.41) is 0. The first-order valence-electron chi connectivity index (χ1n) is 4.58. The van der Waals surface area contributed by atoms with Crippen molar-refractivity contribution in [3.8, 4) is 0 Å². The first kappa shape index (κ1) is 12.0. The van der Waals surface area contributed by atoms with E-state index in [0.29, 0.717) is 11.4 Å². The Hall–Kier alpha value is -2.11. The molecule has 2 N–H and O–H groups in total. The lowest BCUT2D eigenvalue weighted by Crippen LogP contribution is -2.27. The van der Waals surface area contributed by atoms with Gasteiger partial charge in [0.05, 0.1) is 12.7 Å². The maximum Gasteiger partial charge on any atom is 0.325 e. The number of methoxy groups -OCH3 is 1. The molecule has 0 saturated heterocycles. The fourth-order valence-electron chi connectivity index (χ4n) is 1.10. The summed E-state index contributed by atoms with van der Waals surface area (Å²) in [5.41, 5.74) is 5.40. The van der Waals surface area contributed by atoms with Gasteiger partial charge in [0.25, 0.3) is 0 Å². The number of anilines is 1. The summed E-state index contributed by atoms with van der Waals surface area (Å²) >= 11 is 0.